The van der Waals surface area contributed by atoms with E-state index in [1.165, 1.54) is 4.88 Å². The van der Waals surface area contributed by atoms with Crippen LogP contribution in [0.3, 0.4) is 0 Å². The molecule has 216 valence electrons. The molecule has 0 radical (unpaired) electrons. The van der Waals surface area contributed by atoms with Gasteiger partial charge in [0.05, 0.1) is 18.7 Å². The van der Waals surface area contributed by atoms with Gasteiger partial charge >= 0.3 is 12.1 Å². The van der Waals surface area contributed by atoms with Gasteiger partial charge in [0.1, 0.15) is 28.1 Å². The Kier molecular flexibility index (Phi) is 8.41. The summed E-state index contributed by atoms with van der Waals surface area (Å²) in [5, 5.41) is 12.4. The molecule has 1 N–H and O–H groups in total. The number of aromatic nitrogens is 3. The van der Waals surface area contributed by atoms with Crippen LogP contribution in [0.2, 0.25) is 0 Å². The average molecular weight is 576 g/mol. The van der Waals surface area contributed by atoms with Crippen molar-refractivity contribution >= 4 is 29.1 Å². The smallest absolute Gasteiger partial charge is 0.408 e. The predicted molar refractivity (Wildman–Crippen MR) is 160 cm³/mol. The zero-order valence-electron chi connectivity index (χ0n) is 25.1. The summed E-state index contributed by atoms with van der Waals surface area (Å²) in [6.07, 6.45) is -0.461. The van der Waals surface area contributed by atoms with E-state index < -0.39 is 23.3 Å². The summed E-state index contributed by atoms with van der Waals surface area (Å²) in [6.45, 7) is 17.2. The number of esters is 1. The van der Waals surface area contributed by atoms with Crippen LogP contribution >= 0.6 is 11.3 Å². The van der Waals surface area contributed by atoms with E-state index in [1.54, 1.807) is 11.3 Å². The molecule has 0 fully saturated rings. The molecule has 0 saturated heterocycles. The Balaban J connectivity index is 1.67. The molecule has 3 aromatic rings. The van der Waals surface area contributed by atoms with E-state index in [2.05, 4.69) is 41.2 Å². The molecule has 10 heteroatoms. The van der Waals surface area contributed by atoms with Gasteiger partial charge in [-0.15, -0.1) is 21.5 Å². The van der Waals surface area contributed by atoms with Crippen LogP contribution in [0.4, 0.5) is 4.79 Å². The Labute approximate surface area is 245 Å². The molecule has 2 aromatic heterocycles. The number of carbonyl (C=O) groups excluding carboxylic acids is 2. The summed E-state index contributed by atoms with van der Waals surface area (Å²) in [6, 6.07) is 7.23. The Morgan fingerprint density at radius 1 is 1.00 bits per heavy atom. The summed E-state index contributed by atoms with van der Waals surface area (Å²) >= 11 is 1.66. The zero-order chi connectivity index (χ0) is 30.1. The van der Waals surface area contributed by atoms with Gasteiger partial charge in [-0.1, -0.05) is 24.0 Å². The number of alkyl carbamates (subject to hydrolysis) is 1. The van der Waals surface area contributed by atoms with E-state index in [0.717, 1.165) is 38.8 Å². The first-order chi connectivity index (χ1) is 19.1. The molecule has 9 nitrogen and oxygen atoms in total. The molecule has 4 rings (SSSR count). The number of ether oxygens (including phenoxy) is 2. The van der Waals surface area contributed by atoms with Crippen molar-refractivity contribution < 1.29 is 19.1 Å². The molecule has 1 aliphatic heterocycles. The van der Waals surface area contributed by atoms with Crippen molar-refractivity contribution in [3.05, 3.63) is 63.0 Å². The number of benzene rings is 1. The number of aliphatic imine (C=N–C) groups is 1. The number of nitrogens with zero attached hydrogens (tertiary/aromatic N) is 4. The molecule has 0 spiro atoms. The highest BCUT2D eigenvalue weighted by atomic mass is 32.1. The van der Waals surface area contributed by atoms with Crippen LogP contribution in [0, 0.1) is 32.6 Å². The number of fused-ring (bicyclic) bond motifs is 3. The number of hydrogen-bond acceptors (Lipinski definition) is 8. The first kappa shape index (κ1) is 30.0. The second kappa shape index (κ2) is 11.5. The normalized spacial score (nSPS) is 14.6. The number of amides is 1. The van der Waals surface area contributed by atoms with Crippen molar-refractivity contribution in [2.75, 3.05) is 6.54 Å². The van der Waals surface area contributed by atoms with E-state index >= 15 is 0 Å². The number of aryl methyl sites for hydroxylation is 2. The van der Waals surface area contributed by atoms with Crippen LogP contribution in [-0.2, 0) is 14.3 Å². The van der Waals surface area contributed by atoms with Gasteiger partial charge in [-0.05, 0) is 80.0 Å². The van der Waals surface area contributed by atoms with Gasteiger partial charge < -0.3 is 14.8 Å². The fourth-order valence-corrected chi connectivity index (χ4v) is 5.57. The monoisotopic (exact) mass is 575 g/mol. The molecule has 3 heterocycles. The minimum atomic E-state index is -0.608. The minimum Gasteiger partial charge on any atom is -0.460 e. The highest BCUT2D eigenvalue weighted by molar-refractivity contribution is 7.15. The molecular weight excluding hydrogens is 538 g/mol. The SMILES string of the molecule is Cc1sc2c(c1C)C(c1ccc(C#CCNC(=O)OC(C)(C)C)cc1)=N[C@@H](CC(=O)OC(C)(C)C)c1nnc(C)n1-2. The first-order valence-corrected chi connectivity index (χ1v) is 14.3. The van der Waals surface area contributed by atoms with Crippen molar-refractivity contribution in [3.8, 4) is 16.8 Å². The molecule has 0 bridgehead atoms. The summed E-state index contributed by atoms with van der Waals surface area (Å²) in [5.41, 5.74) is 3.44. The second-order valence-corrected chi connectivity index (χ2v) is 13.1. The summed E-state index contributed by atoms with van der Waals surface area (Å²) in [7, 11) is 0. The molecule has 0 aliphatic carbocycles. The fraction of sp³-hybridized carbons (Fsp3) is 0.452. The quantitative estimate of drug-likeness (QED) is 0.313. The Morgan fingerprint density at radius 3 is 2.29 bits per heavy atom. The molecule has 1 aliphatic rings. The lowest BCUT2D eigenvalue weighted by Gasteiger charge is -2.21. The average Bonchev–Trinajstić information content (AvgIpc) is 3.32. The predicted octanol–water partition coefficient (Wildman–Crippen LogP) is 5.75. The van der Waals surface area contributed by atoms with E-state index in [1.807, 2.05) is 77.3 Å². The second-order valence-electron chi connectivity index (χ2n) is 11.9. The summed E-state index contributed by atoms with van der Waals surface area (Å²) in [5.74, 6) is 7.03. The lowest BCUT2D eigenvalue weighted by Crippen LogP contribution is -2.32. The van der Waals surface area contributed by atoms with Crippen LogP contribution < -0.4 is 5.32 Å². The molecule has 1 atom stereocenters. The van der Waals surface area contributed by atoms with Crippen molar-refractivity contribution in [3.63, 3.8) is 0 Å². The van der Waals surface area contributed by atoms with E-state index in [9.17, 15) is 9.59 Å². The lowest BCUT2D eigenvalue weighted by molar-refractivity contribution is -0.155. The molecule has 0 unspecified atom stereocenters. The zero-order valence-corrected chi connectivity index (χ0v) is 25.9. The highest BCUT2D eigenvalue weighted by Gasteiger charge is 2.33. The number of nitrogens with one attached hydrogen (secondary N) is 1. The first-order valence-electron chi connectivity index (χ1n) is 13.5. The topological polar surface area (TPSA) is 108 Å². The maximum Gasteiger partial charge on any atom is 0.408 e. The third-order valence-electron chi connectivity index (χ3n) is 6.13. The maximum atomic E-state index is 12.9. The Hall–Kier alpha value is -3.97. The van der Waals surface area contributed by atoms with Gasteiger partial charge in [-0.2, -0.15) is 0 Å². The minimum absolute atomic E-state index is 0.0417. The van der Waals surface area contributed by atoms with Crippen LogP contribution in [0.1, 0.15) is 92.8 Å². The lowest BCUT2D eigenvalue weighted by atomic mass is 9.98. The molecule has 0 saturated carbocycles. The third-order valence-corrected chi connectivity index (χ3v) is 7.32. The van der Waals surface area contributed by atoms with Gasteiger partial charge in [0, 0.05) is 21.6 Å². The summed E-state index contributed by atoms with van der Waals surface area (Å²) in [4.78, 5) is 31.1. The van der Waals surface area contributed by atoms with Crippen molar-refractivity contribution in [1.29, 1.82) is 0 Å². The molecule has 1 aromatic carbocycles. The van der Waals surface area contributed by atoms with Gasteiger partial charge in [-0.25, -0.2) is 4.79 Å². The van der Waals surface area contributed by atoms with E-state index in [-0.39, 0.29) is 18.9 Å². The number of thiophene rings is 1. The van der Waals surface area contributed by atoms with Crippen molar-refractivity contribution in [2.45, 2.75) is 86.0 Å². The van der Waals surface area contributed by atoms with Crippen molar-refractivity contribution in [1.82, 2.24) is 20.1 Å². The van der Waals surface area contributed by atoms with Gasteiger partial charge in [0.25, 0.3) is 0 Å². The van der Waals surface area contributed by atoms with Crippen LogP contribution in [0.25, 0.3) is 5.00 Å². The number of rotatable bonds is 4. The van der Waals surface area contributed by atoms with Crippen molar-refractivity contribution in [2.24, 2.45) is 4.99 Å². The maximum absolute atomic E-state index is 12.9. The Bertz CT molecular complexity index is 1560. The van der Waals surface area contributed by atoms with E-state index in [4.69, 9.17) is 14.5 Å². The Morgan fingerprint density at radius 2 is 1.66 bits per heavy atom. The van der Waals surface area contributed by atoms with Crippen LogP contribution in [0.5, 0.6) is 0 Å². The van der Waals surface area contributed by atoms with Gasteiger partial charge in [0.2, 0.25) is 0 Å². The summed E-state index contributed by atoms with van der Waals surface area (Å²) < 4.78 is 12.9. The van der Waals surface area contributed by atoms with Gasteiger partial charge in [0.15, 0.2) is 5.82 Å². The largest absolute Gasteiger partial charge is 0.460 e. The molecule has 1 amide bonds. The fourth-order valence-electron chi connectivity index (χ4n) is 4.35. The molecule has 41 heavy (non-hydrogen) atoms. The van der Waals surface area contributed by atoms with Gasteiger partial charge in [-0.3, -0.25) is 14.4 Å². The van der Waals surface area contributed by atoms with Crippen LogP contribution in [0.15, 0.2) is 29.3 Å². The third kappa shape index (κ3) is 7.22. The highest BCUT2D eigenvalue weighted by Crippen LogP contribution is 2.39. The molecular formula is C31H37N5O4S. The number of hydrogen-bond donors (Lipinski definition) is 1. The van der Waals surface area contributed by atoms with Crippen LogP contribution in [-0.4, -0.2) is 50.3 Å². The standard InChI is InChI=1S/C31H37N5O4S/c1-18-19(2)41-28-25(18)26(22-14-12-21(13-15-22)11-10-16-32-29(38)40-31(7,8)9)33-23(17-24(37)39-30(4,5)6)27-35-34-20(3)36(27)28/h12-15,23H,16-17H2,1-9H3,(H,32,38)/t23-/m0/s1. The van der Waals surface area contributed by atoms with E-state index in [0.29, 0.717) is 5.82 Å². The number of carbonyl (C=O) groups is 2.